The van der Waals surface area contributed by atoms with Crippen molar-refractivity contribution in [2.75, 3.05) is 7.05 Å². The molecule has 0 spiro atoms. The lowest BCUT2D eigenvalue weighted by Crippen LogP contribution is -2.31. The van der Waals surface area contributed by atoms with Crippen LogP contribution in [0.2, 0.25) is 0 Å². The largest absolute Gasteiger partial charge is 0.339 e. The Morgan fingerprint density at radius 1 is 1.21 bits per heavy atom. The predicted octanol–water partition coefficient (Wildman–Crippen LogP) is 3.59. The molecule has 1 unspecified atom stereocenters. The molecule has 7 heteroatoms. The first-order chi connectivity index (χ1) is 13.3. The van der Waals surface area contributed by atoms with Crippen molar-refractivity contribution in [1.29, 1.82) is 0 Å². The first kappa shape index (κ1) is 19.7. The number of carbonyl (C=O) groups excluding carboxylic acids is 1. The second-order valence-corrected chi connectivity index (χ2v) is 6.82. The maximum absolute atomic E-state index is 13.5. The molecule has 0 aliphatic heterocycles. The van der Waals surface area contributed by atoms with Gasteiger partial charge in [0.25, 0.3) is 5.56 Å². The van der Waals surface area contributed by atoms with Gasteiger partial charge in [-0.05, 0) is 43.2 Å². The van der Waals surface area contributed by atoms with Crippen molar-refractivity contribution in [2.45, 2.75) is 32.9 Å². The highest BCUT2D eigenvalue weighted by Gasteiger charge is 2.19. The van der Waals surface area contributed by atoms with Crippen molar-refractivity contribution in [3.8, 4) is 0 Å². The Labute approximate surface area is 161 Å². The minimum Gasteiger partial charge on any atom is -0.339 e. The van der Waals surface area contributed by atoms with Gasteiger partial charge in [-0.3, -0.25) is 14.2 Å². The summed E-state index contributed by atoms with van der Waals surface area (Å²) in [4.78, 5) is 30.9. The third-order valence-corrected chi connectivity index (χ3v) is 5.02. The molecule has 0 bridgehead atoms. The zero-order valence-corrected chi connectivity index (χ0v) is 15.9. The first-order valence-electron chi connectivity index (χ1n) is 8.95. The van der Waals surface area contributed by atoms with Crippen molar-refractivity contribution < 1.29 is 13.6 Å². The van der Waals surface area contributed by atoms with Crippen LogP contribution in [-0.4, -0.2) is 27.4 Å². The van der Waals surface area contributed by atoms with Crippen LogP contribution in [0.3, 0.4) is 0 Å². The number of para-hydroxylation sites is 1. The lowest BCUT2D eigenvalue weighted by atomic mass is 10.1. The van der Waals surface area contributed by atoms with Crippen molar-refractivity contribution in [3.63, 3.8) is 0 Å². The number of benzene rings is 2. The van der Waals surface area contributed by atoms with E-state index >= 15 is 0 Å². The smallest absolute Gasteiger partial charge is 0.261 e. The van der Waals surface area contributed by atoms with E-state index in [0.717, 1.165) is 17.7 Å². The van der Waals surface area contributed by atoms with Gasteiger partial charge in [0.15, 0.2) is 11.6 Å². The van der Waals surface area contributed by atoms with Crippen LogP contribution in [0.25, 0.3) is 10.9 Å². The number of amides is 1. The molecule has 0 aliphatic rings. The number of nitrogens with zero attached hydrogens (tertiary/aromatic N) is 3. The van der Waals surface area contributed by atoms with Gasteiger partial charge in [-0.2, -0.15) is 0 Å². The third-order valence-electron chi connectivity index (χ3n) is 5.02. The summed E-state index contributed by atoms with van der Waals surface area (Å²) < 4.78 is 28.0. The second-order valence-electron chi connectivity index (χ2n) is 6.82. The zero-order chi connectivity index (χ0) is 20.4. The number of carbonyl (C=O) groups is 1. The Balaban J connectivity index is 1.73. The van der Waals surface area contributed by atoms with Gasteiger partial charge in [0.2, 0.25) is 5.91 Å². The van der Waals surface area contributed by atoms with E-state index in [-0.39, 0.29) is 24.4 Å². The summed E-state index contributed by atoms with van der Waals surface area (Å²) in [6.45, 7) is 3.80. The topological polar surface area (TPSA) is 55.2 Å². The highest BCUT2D eigenvalue weighted by molar-refractivity contribution is 5.80. The maximum atomic E-state index is 13.5. The molecular formula is C21H21F2N3O2. The second kappa shape index (κ2) is 7.88. The van der Waals surface area contributed by atoms with E-state index in [9.17, 15) is 18.4 Å². The minimum absolute atomic E-state index is 0.0867. The van der Waals surface area contributed by atoms with Crippen LogP contribution in [0.1, 0.15) is 30.5 Å². The average Bonchev–Trinajstić information content (AvgIpc) is 2.68. The van der Waals surface area contributed by atoms with E-state index < -0.39 is 17.7 Å². The summed E-state index contributed by atoms with van der Waals surface area (Å²) >= 11 is 0. The molecule has 2 aromatic carbocycles. The molecule has 3 rings (SSSR count). The molecule has 28 heavy (non-hydrogen) atoms. The van der Waals surface area contributed by atoms with Crippen LogP contribution in [-0.2, 0) is 11.3 Å². The van der Waals surface area contributed by atoms with Gasteiger partial charge in [0.05, 0.1) is 23.3 Å². The molecule has 0 saturated heterocycles. The SMILES string of the molecule is Cc1cccc2c(=O)n(CCC(=O)N(C)C(C)c3ccc(F)c(F)c3)cnc12. The van der Waals surface area contributed by atoms with Crippen LogP contribution in [0, 0.1) is 18.6 Å². The highest BCUT2D eigenvalue weighted by Crippen LogP contribution is 2.21. The fraction of sp³-hybridized carbons (Fsp3) is 0.286. The predicted molar refractivity (Wildman–Crippen MR) is 103 cm³/mol. The Hall–Kier alpha value is -3.09. The first-order valence-corrected chi connectivity index (χ1v) is 8.95. The molecule has 1 amide bonds. The Bertz CT molecular complexity index is 1090. The molecule has 146 valence electrons. The van der Waals surface area contributed by atoms with E-state index in [0.29, 0.717) is 16.5 Å². The molecule has 0 saturated carbocycles. The molecule has 5 nitrogen and oxygen atoms in total. The summed E-state index contributed by atoms with van der Waals surface area (Å²) in [5.41, 5.74) is 1.87. The van der Waals surface area contributed by atoms with E-state index in [4.69, 9.17) is 0 Å². The summed E-state index contributed by atoms with van der Waals surface area (Å²) in [6.07, 6.45) is 1.53. The maximum Gasteiger partial charge on any atom is 0.261 e. The Kier molecular flexibility index (Phi) is 5.53. The molecule has 1 heterocycles. The van der Waals surface area contributed by atoms with Crippen molar-refractivity contribution in [3.05, 3.63) is 75.8 Å². The van der Waals surface area contributed by atoms with Crippen LogP contribution in [0.15, 0.2) is 47.5 Å². The Morgan fingerprint density at radius 2 is 1.96 bits per heavy atom. The van der Waals surface area contributed by atoms with Gasteiger partial charge in [0.1, 0.15) is 0 Å². The van der Waals surface area contributed by atoms with E-state index in [1.807, 2.05) is 13.0 Å². The lowest BCUT2D eigenvalue weighted by Gasteiger charge is -2.25. The van der Waals surface area contributed by atoms with Crippen molar-refractivity contribution in [2.24, 2.45) is 0 Å². The van der Waals surface area contributed by atoms with E-state index in [1.54, 1.807) is 26.1 Å². The minimum atomic E-state index is -0.950. The molecule has 1 atom stereocenters. The number of hydrogen-bond donors (Lipinski definition) is 0. The number of fused-ring (bicyclic) bond motifs is 1. The van der Waals surface area contributed by atoms with Gasteiger partial charge in [-0.1, -0.05) is 18.2 Å². The molecule has 0 radical (unpaired) electrons. The molecular weight excluding hydrogens is 364 g/mol. The molecule has 0 aliphatic carbocycles. The van der Waals surface area contributed by atoms with E-state index in [1.165, 1.54) is 21.9 Å². The average molecular weight is 385 g/mol. The van der Waals surface area contributed by atoms with Gasteiger partial charge < -0.3 is 4.90 Å². The molecule has 3 aromatic rings. The van der Waals surface area contributed by atoms with Gasteiger partial charge in [-0.25, -0.2) is 13.8 Å². The van der Waals surface area contributed by atoms with Gasteiger partial charge in [0, 0.05) is 20.0 Å². The molecule has 0 N–H and O–H groups in total. The number of halogens is 2. The van der Waals surface area contributed by atoms with Crippen LogP contribution < -0.4 is 5.56 Å². The Morgan fingerprint density at radius 3 is 2.68 bits per heavy atom. The number of aromatic nitrogens is 2. The van der Waals surface area contributed by atoms with Crippen molar-refractivity contribution >= 4 is 16.8 Å². The normalized spacial score (nSPS) is 12.2. The highest BCUT2D eigenvalue weighted by atomic mass is 19.2. The summed E-state index contributed by atoms with van der Waals surface area (Å²) in [5, 5.41) is 0.512. The zero-order valence-electron chi connectivity index (χ0n) is 15.9. The van der Waals surface area contributed by atoms with Crippen LogP contribution in [0.5, 0.6) is 0 Å². The van der Waals surface area contributed by atoms with Gasteiger partial charge >= 0.3 is 0 Å². The summed E-state index contributed by atoms with van der Waals surface area (Å²) in [5.74, 6) is -2.09. The quantitative estimate of drug-likeness (QED) is 0.674. The molecule has 0 fully saturated rings. The number of hydrogen-bond acceptors (Lipinski definition) is 3. The lowest BCUT2D eigenvalue weighted by molar-refractivity contribution is -0.132. The fourth-order valence-electron chi connectivity index (χ4n) is 3.10. The monoisotopic (exact) mass is 385 g/mol. The van der Waals surface area contributed by atoms with Crippen LogP contribution in [0.4, 0.5) is 8.78 Å². The van der Waals surface area contributed by atoms with Crippen molar-refractivity contribution in [1.82, 2.24) is 14.5 Å². The van der Waals surface area contributed by atoms with Crippen LogP contribution >= 0.6 is 0 Å². The number of rotatable bonds is 5. The molecule has 1 aromatic heterocycles. The fourth-order valence-corrected chi connectivity index (χ4v) is 3.10. The summed E-state index contributed by atoms with van der Waals surface area (Å²) in [7, 11) is 1.60. The number of aryl methyl sites for hydroxylation is 2. The standard InChI is InChI=1S/C21H21F2N3O2/c1-13-5-4-6-16-20(13)24-12-26(21(16)28)10-9-19(27)25(3)14(2)15-7-8-17(22)18(23)11-15/h4-8,11-12,14H,9-10H2,1-3H3. The third kappa shape index (κ3) is 3.78. The van der Waals surface area contributed by atoms with E-state index in [2.05, 4.69) is 4.98 Å². The van der Waals surface area contributed by atoms with Gasteiger partial charge in [-0.15, -0.1) is 0 Å². The summed E-state index contributed by atoms with van der Waals surface area (Å²) in [6, 6.07) is 8.55.